The number of rotatable bonds is 5. The lowest BCUT2D eigenvalue weighted by atomic mass is 9.88. The molecule has 0 aromatic heterocycles. The summed E-state index contributed by atoms with van der Waals surface area (Å²) in [5.74, 6) is 0.641. The first kappa shape index (κ1) is 20.7. The number of carbonyl (C=O) groups excluding carboxylic acids is 2. The van der Waals surface area contributed by atoms with Gasteiger partial charge in [0.25, 0.3) is 5.91 Å². The molecule has 1 heterocycles. The summed E-state index contributed by atoms with van der Waals surface area (Å²) >= 11 is 0. The summed E-state index contributed by atoms with van der Waals surface area (Å²) in [6.07, 6.45) is 7.78. The predicted molar refractivity (Wildman–Crippen MR) is 107 cm³/mol. The van der Waals surface area contributed by atoms with Crippen LogP contribution in [0.25, 0.3) is 0 Å². The number of hydrogen-bond acceptors (Lipinski definition) is 3. The van der Waals surface area contributed by atoms with E-state index in [1.165, 1.54) is 12.8 Å². The summed E-state index contributed by atoms with van der Waals surface area (Å²) in [5, 5.41) is 9.37. The van der Waals surface area contributed by atoms with Gasteiger partial charge in [-0.2, -0.15) is 0 Å². The van der Waals surface area contributed by atoms with E-state index < -0.39 is 0 Å². The third-order valence-electron chi connectivity index (χ3n) is 5.32. The maximum absolute atomic E-state index is 12.4. The van der Waals surface area contributed by atoms with Crippen LogP contribution in [-0.2, 0) is 4.79 Å². The van der Waals surface area contributed by atoms with Gasteiger partial charge in [-0.15, -0.1) is 12.4 Å². The number of carbonyl (C=O) groups is 2. The fourth-order valence-corrected chi connectivity index (χ4v) is 3.78. The maximum atomic E-state index is 12.4. The van der Waals surface area contributed by atoms with E-state index in [9.17, 15) is 9.59 Å². The van der Waals surface area contributed by atoms with E-state index in [1.54, 1.807) is 12.1 Å². The molecule has 5 nitrogen and oxygen atoms in total. The van der Waals surface area contributed by atoms with Crippen molar-refractivity contribution < 1.29 is 9.59 Å². The SMILES string of the molecule is Cl.O=C(NCC1CCCNC1)c1cccc(NC(=O)C2CCCCC2)c1. The fraction of sp³-hybridized carbons (Fsp3) is 0.600. The second-order valence-electron chi connectivity index (χ2n) is 7.33. The van der Waals surface area contributed by atoms with Crippen LogP contribution in [0.3, 0.4) is 0 Å². The van der Waals surface area contributed by atoms with Crippen LogP contribution >= 0.6 is 12.4 Å². The topological polar surface area (TPSA) is 70.2 Å². The Morgan fingerprint density at radius 3 is 2.62 bits per heavy atom. The molecule has 0 radical (unpaired) electrons. The van der Waals surface area contributed by atoms with Gasteiger partial charge in [-0.1, -0.05) is 25.3 Å². The molecule has 2 amide bonds. The van der Waals surface area contributed by atoms with Crippen LogP contribution < -0.4 is 16.0 Å². The molecule has 2 aliphatic rings. The van der Waals surface area contributed by atoms with Crippen LogP contribution in [0.2, 0.25) is 0 Å². The van der Waals surface area contributed by atoms with Gasteiger partial charge in [0, 0.05) is 23.7 Å². The summed E-state index contributed by atoms with van der Waals surface area (Å²) in [6.45, 7) is 2.75. The Hall–Kier alpha value is -1.59. The van der Waals surface area contributed by atoms with Crippen LogP contribution in [0.5, 0.6) is 0 Å². The smallest absolute Gasteiger partial charge is 0.251 e. The fourth-order valence-electron chi connectivity index (χ4n) is 3.78. The number of nitrogens with one attached hydrogen (secondary N) is 3. The van der Waals surface area contributed by atoms with Gasteiger partial charge in [-0.05, 0) is 62.9 Å². The molecule has 1 atom stereocenters. The first-order chi connectivity index (χ1) is 12.2. The number of piperidine rings is 1. The van der Waals surface area contributed by atoms with Crippen LogP contribution in [0.4, 0.5) is 5.69 Å². The molecular formula is C20H30ClN3O2. The highest BCUT2D eigenvalue weighted by molar-refractivity contribution is 5.97. The zero-order valence-corrected chi connectivity index (χ0v) is 16.1. The summed E-state index contributed by atoms with van der Waals surface area (Å²) < 4.78 is 0. The zero-order chi connectivity index (χ0) is 17.5. The Morgan fingerprint density at radius 2 is 1.88 bits per heavy atom. The lowest BCUT2D eigenvalue weighted by molar-refractivity contribution is -0.120. The highest BCUT2D eigenvalue weighted by atomic mass is 35.5. The van der Waals surface area contributed by atoms with Crippen LogP contribution in [0.1, 0.15) is 55.3 Å². The van der Waals surface area contributed by atoms with Crippen molar-refractivity contribution in [3.8, 4) is 0 Å². The van der Waals surface area contributed by atoms with Crippen molar-refractivity contribution in [2.24, 2.45) is 11.8 Å². The van der Waals surface area contributed by atoms with Crippen molar-refractivity contribution in [3.05, 3.63) is 29.8 Å². The summed E-state index contributed by atoms with van der Waals surface area (Å²) in [7, 11) is 0. The standard InChI is InChI=1S/C20H29N3O2.ClH/c24-19(22-14-15-6-5-11-21-13-15)17-9-4-10-18(12-17)23-20(25)16-7-2-1-3-8-16;/h4,9-10,12,15-16,21H,1-3,5-8,11,13-14H2,(H,22,24)(H,23,25);1H. The van der Waals surface area contributed by atoms with E-state index in [4.69, 9.17) is 0 Å². The quantitative estimate of drug-likeness (QED) is 0.734. The number of hydrogen-bond donors (Lipinski definition) is 3. The van der Waals surface area contributed by atoms with Crippen LogP contribution in [-0.4, -0.2) is 31.4 Å². The third-order valence-corrected chi connectivity index (χ3v) is 5.32. The van der Waals surface area contributed by atoms with E-state index >= 15 is 0 Å². The van der Waals surface area contributed by atoms with Gasteiger partial charge in [0.15, 0.2) is 0 Å². The van der Waals surface area contributed by atoms with Crippen LogP contribution in [0.15, 0.2) is 24.3 Å². The largest absolute Gasteiger partial charge is 0.352 e. The van der Waals surface area contributed by atoms with Gasteiger partial charge in [0.2, 0.25) is 5.91 Å². The molecule has 3 rings (SSSR count). The average molecular weight is 380 g/mol. The number of anilines is 1. The van der Waals surface area contributed by atoms with Gasteiger partial charge in [0.1, 0.15) is 0 Å². The molecule has 1 unspecified atom stereocenters. The van der Waals surface area contributed by atoms with E-state index in [1.807, 2.05) is 12.1 Å². The molecule has 1 saturated heterocycles. The second kappa shape index (κ2) is 10.5. The average Bonchev–Trinajstić information content (AvgIpc) is 2.68. The number of amides is 2. The first-order valence-corrected chi connectivity index (χ1v) is 9.62. The molecule has 26 heavy (non-hydrogen) atoms. The van der Waals surface area contributed by atoms with Crippen molar-refractivity contribution in [1.29, 1.82) is 0 Å². The molecular weight excluding hydrogens is 350 g/mol. The van der Waals surface area contributed by atoms with Crippen molar-refractivity contribution >= 4 is 29.9 Å². The Kier molecular flexibility index (Phi) is 8.39. The third kappa shape index (κ3) is 5.99. The van der Waals surface area contributed by atoms with Gasteiger partial charge in [-0.3, -0.25) is 9.59 Å². The summed E-state index contributed by atoms with van der Waals surface area (Å²) in [6, 6.07) is 7.25. The van der Waals surface area contributed by atoms with Gasteiger partial charge in [-0.25, -0.2) is 0 Å². The first-order valence-electron chi connectivity index (χ1n) is 9.62. The number of benzene rings is 1. The molecule has 144 valence electrons. The van der Waals surface area contributed by atoms with Gasteiger partial charge >= 0.3 is 0 Å². The molecule has 1 aliphatic heterocycles. The molecule has 1 aliphatic carbocycles. The second-order valence-corrected chi connectivity index (χ2v) is 7.33. The normalized spacial score (nSPS) is 20.7. The number of halogens is 1. The predicted octanol–water partition coefficient (Wildman–Crippen LogP) is 3.36. The van der Waals surface area contributed by atoms with E-state index in [2.05, 4.69) is 16.0 Å². The van der Waals surface area contributed by atoms with Gasteiger partial charge in [0.05, 0.1) is 0 Å². The molecule has 6 heteroatoms. The van der Waals surface area contributed by atoms with Crippen molar-refractivity contribution in [2.45, 2.75) is 44.9 Å². The van der Waals surface area contributed by atoms with Crippen molar-refractivity contribution in [2.75, 3.05) is 25.0 Å². The highest BCUT2D eigenvalue weighted by Gasteiger charge is 2.21. The minimum Gasteiger partial charge on any atom is -0.352 e. The lowest BCUT2D eigenvalue weighted by Crippen LogP contribution is -2.38. The van der Waals surface area contributed by atoms with E-state index in [-0.39, 0.29) is 30.1 Å². The Morgan fingerprint density at radius 1 is 1.08 bits per heavy atom. The molecule has 1 saturated carbocycles. The summed E-state index contributed by atoms with van der Waals surface area (Å²) in [5.41, 5.74) is 1.31. The van der Waals surface area contributed by atoms with Crippen molar-refractivity contribution in [1.82, 2.24) is 10.6 Å². The Balaban J connectivity index is 0.00000243. The molecule has 1 aromatic carbocycles. The van der Waals surface area contributed by atoms with Crippen LogP contribution in [0, 0.1) is 11.8 Å². The monoisotopic (exact) mass is 379 g/mol. The highest BCUT2D eigenvalue weighted by Crippen LogP contribution is 2.25. The Labute approximate surface area is 162 Å². The maximum Gasteiger partial charge on any atom is 0.251 e. The lowest BCUT2D eigenvalue weighted by Gasteiger charge is -2.23. The molecule has 0 spiro atoms. The molecule has 3 N–H and O–H groups in total. The zero-order valence-electron chi connectivity index (χ0n) is 15.3. The van der Waals surface area contributed by atoms with E-state index in [0.717, 1.165) is 45.2 Å². The minimum absolute atomic E-state index is 0. The molecule has 1 aromatic rings. The van der Waals surface area contributed by atoms with Crippen molar-refractivity contribution in [3.63, 3.8) is 0 Å². The minimum atomic E-state index is -0.0701. The Bertz CT molecular complexity index is 596. The molecule has 2 fully saturated rings. The van der Waals surface area contributed by atoms with E-state index in [0.29, 0.717) is 23.7 Å². The van der Waals surface area contributed by atoms with Gasteiger partial charge < -0.3 is 16.0 Å². The molecule has 0 bridgehead atoms. The summed E-state index contributed by atoms with van der Waals surface area (Å²) in [4.78, 5) is 24.7.